The van der Waals surface area contributed by atoms with Crippen LogP contribution in [0.3, 0.4) is 0 Å². The molecule has 0 aliphatic rings. The van der Waals surface area contributed by atoms with Crippen molar-refractivity contribution < 1.29 is 24.5 Å². The standard InChI is InChI=1S/C19H22O5/c1-3-11-23-14-7-5-13(6-8-14)17(20)15-9-10-16(24-12-4-2)19(22)18(15)21/h5-10,21-22H,3-4,11-12H2,1-2H3. The second-order valence-electron chi connectivity index (χ2n) is 5.36. The summed E-state index contributed by atoms with van der Waals surface area (Å²) in [7, 11) is 0. The van der Waals surface area contributed by atoms with Gasteiger partial charge in [0.1, 0.15) is 5.75 Å². The maximum atomic E-state index is 12.5. The molecular formula is C19H22O5. The van der Waals surface area contributed by atoms with E-state index < -0.39 is 11.5 Å². The predicted octanol–water partition coefficient (Wildman–Crippen LogP) is 3.91. The van der Waals surface area contributed by atoms with Crippen LogP contribution < -0.4 is 9.47 Å². The lowest BCUT2D eigenvalue weighted by Crippen LogP contribution is -2.03. The Kier molecular flexibility index (Phi) is 6.07. The van der Waals surface area contributed by atoms with Crippen molar-refractivity contribution in [3.8, 4) is 23.0 Å². The largest absolute Gasteiger partial charge is 0.504 e. The zero-order valence-electron chi connectivity index (χ0n) is 13.9. The topological polar surface area (TPSA) is 76.0 Å². The highest BCUT2D eigenvalue weighted by Gasteiger charge is 2.19. The van der Waals surface area contributed by atoms with Gasteiger partial charge in [0, 0.05) is 5.56 Å². The van der Waals surface area contributed by atoms with Gasteiger partial charge in [0.05, 0.1) is 18.8 Å². The number of phenolic OH excluding ortho intramolecular Hbond substituents is 2. The normalized spacial score (nSPS) is 10.4. The molecule has 0 aliphatic carbocycles. The second-order valence-corrected chi connectivity index (χ2v) is 5.36. The minimum Gasteiger partial charge on any atom is -0.504 e. The number of carbonyl (C=O) groups is 1. The minimum atomic E-state index is -0.472. The molecule has 0 unspecified atom stereocenters. The first-order valence-electron chi connectivity index (χ1n) is 8.03. The summed E-state index contributed by atoms with van der Waals surface area (Å²) in [6.07, 6.45) is 1.67. The third kappa shape index (κ3) is 3.98. The third-order valence-electron chi connectivity index (χ3n) is 3.41. The molecule has 0 bridgehead atoms. The molecule has 2 aromatic rings. The first-order valence-corrected chi connectivity index (χ1v) is 8.03. The number of hydrogen-bond acceptors (Lipinski definition) is 5. The summed E-state index contributed by atoms with van der Waals surface area (Å²) in [5.74, 6) is -0.429. The number of aromatic hydroxyl groups is 2. The van der Waals surface area contributed by atoms with Gasteiger partial charge in [0.25, 0.3) is 0 Å². The SMILES string of the molecule is CCCOc1ccc(C(=O)c2ccc(OCCC)c(O)c2O)cc1. The second kappa shape index (κ2) is 8.24. The fourth-order valence-electron chi connectivity index (χ4n) is 2.15. The van der Waals surface area contributed by atoms with Gasteiger partial charge >= 0.3 is 0 Å². The fraction of sp³-hybridized carbons (Fsp3) is 0.316. The van der Waals surface area contributed by atoms with Crippen LogP contribution in [0.5, 0.6) is 23.0 Å². The predicted molar refractivity (Wildman–Crippen MR) is 91.2 cm³/mol. The van der Waals surface area contributed by atoms with E-state index in [1.54, 1.807) is 24.3 Å². The first kappa shape index (κ1) is 17.7. The lowest BCUT2D eigenvalue weighted by Gasteiger charge is -2.11. The maximum Gasteiger partial charge on any atom is 0.201 e. The summed E-state index contributed by atoms with van der Waals surface area (Å²) in [6.45, 7) is 4.98. The van der Waals surface area contributed by atoms with Crippen LogP contribution in [0.2, 0.25) is 0 Å². The highest BCUT2D eigenvalue weighted by molar-refractivity contribution is 6.11. The molecule has 0 saturated heterocycles. The quantitative estimate of drug-likeness (QED) is 0.567. The zero-order valence-corrected chi connectivity index (χ0v) is 13.9. The Morgan fingerprint density at radius 3 is 2.12 bits per heavy atom. The van der Waals surface area contributed by atoms with E-state index in [-0.39, 0.29) is 17.1 Å². The van der Waals surface area contributed by atoms with Crippen LogP contribution in [0.25, 0.3) is 0 Å². The third-order valence-corrected chi connectivity index (χ3v) is 3.41. The van der Waals surface area contributed by atoms with Gasteiger partial charge in [-0.15, -0.1) is 0 Å². The molecule has 5 heteroatoms. The van der Waals surface area contributed by atoms with E-state index in [0.29, 0.717) is 24.5 Å². The molecule has 0 amide bonds. The van der Waals surface area contributed by atoms with E-state index in [1.165, 1.54) is 12.1 Å². The Morgan fingerprint density at radius 1 is 0.875 bits per heavy atom. The molecule has 0 saturated carbocycles. The van der Waals surface area contributed by atoms with Crippen molar-refractivity contribution in [3.63, 3.8) is 0 Å². The maximum absolute atomic E-state index is 12.5. The molecule has 2 N–H and O–H groups in total. The molecule has 0 atom stereocenters. The molecule has 2 aromatic carbocycles. The van der Waals surface area contributed by atoms with Gasteiger partial charge in [-0.1, -0.05) is 13.8 Å². The molecule has 0 spiro atoms. The number of ketones is 1. The van der Waals surface area contributed by atoms with Crippen molar-refractivity contribution >= 4 is 5.78 Å². The molecular weight excluding hydrogens is 308 g/mol. The molecule has 0 aliphatic heterocycles. The summed E-state index contributed by atoms with van der Waals surface area (Å²) in [6, 6.07) is 9.61. The van der Waals surface area contributed by atoms with Crippen molar-refractivity contribution in [1.29, 1.82) is 0 Å². The van der Waals surface area contributed by atoms with Gasteiger partial charge in [-0.25, -0.2) is 0 Å². The molecule has 2 rings (SSSR count). The fourth-order valence-corrected chi connectivity index (χ4v) is 2.15. The number of rotatable bonds is 8. The Morgan fingerprint density at radius 2 is 1.50 bits per heavy atom. The molecule has 0 aromatic heterocycles. The average molecular weight is 330 g/mol. The summed E-state index contributed by atoms with van der Waals surface area (Å²) < 4.78 is 10.8. The Hall–Kier alpha value is -2.69. The van der Waals surface area contributed by atoms with E-state index in [9.17, 15) is 15.0 Å². The molecule has 0 fully saturated rings. The van der Waals surface area contributed by atoms with Gasteiger partial charge in [-0.3, -0.25) is 4.79 Å². The minimum absolute atomic E-state index is 0.0265. The van der Waals surface area contributed by atoms with Crippen molar-refractivity contribution in [2.24, 2.45) is 0 Å². The monoisotopic (exact) mass is 330 g/mol. The average Bonchev–Trinajstić information content (AvgIpc) is 2.61. The highest BCUT2D eigenvalue weighted by Crippen LogP contribution is 2.39. The van der Waals surface area contributed by atoms with Gasteiger partial charge < -0.3 is 19.7 Å². The molecule has 0 radical (unpaired) electrons. The summed E-state index contributed by atoms with van der Waals surface area (Å²) in [5, 5.41) is 20.1. The van der Waals surface area contributed by atoms with Crippen molar-refractivity contribution in [2.75, 3.05) is 13.2 Å². The van der Waals surface area contributed by atoms with E-state index >= 15 is 0 Å². The highest BCUT2D eigenvalue weighted by atomic mass is 16.5. The number of benzene rings is 2. The Balaban J connectivity index is 2.21. The molecule has 5 nitrogen and oxygen atoms in total. The molecule has 128 valence electrons. The van der Waals surface area contributed by atoms with Crippen LogP contribution in [0.4, 0.5) is 0 Å². The summed E-state index contributed by atoms with van der Waals surface area (Å²) in [5.41, 5.74) is 0.425. The lowest BCUT2D eigenvalue weighted by atomic mass is 10.0. The van der Waals surface area contributed by atoms with Crippen LogP contribution in [0.1, 0.15) is 42.6 Å². The van der Waals surface area contributed by atoms with Crippen LogP contribution in [0, 0.1) is 0 Å². The van der Waals surface area contributed by atoms with Gasteiger partial charge in [-0.2, -0.15) is 0 Å². The first-order chi connectivity index (χ1) is 11.6. The molecule has 24 heavy (non-hydrogen) atoms. The number of ether oxygens (including phenoxy) is 2. The Bertz CT molecular complexity index is 692. The van der Waals surface area contributed by atoms with Gasteiger partial charge in [-0.05, 0) is 49.2 Å². The van der Waals surface area contributed by atoms with E-state index in [0.717, 1.165) is 12.8 Å². The van der Waals surface area contributed by atoms with E-state index in [2.05, 4.69) is 0 Å². The Labute approximate surface area is 141 Å². The van der Waals surface area contributed by atoms with Crippen LogP contribution in [-0.4, -0.2) is 29.2 Å². The van der Waals surface area contributed by atoms with E-state index in [4.69, 9.17) is 9.47 Å². The van der Waals surface area contributed by atoms with Crippen molar-refractivity contribution in [1.82, 2.24) is 0 Å². The van der Waals surface area contributed by atoms with Gasteiger partial charge in [0.2, 0.25) is 5.75 Å². The van der Waals surface area contributed by atoms with Crippen molar-refractivity contribution in [3.05, 3.63) is 47.5 Å². The molecule has 0 heterocycles. The summed E-state index contributed by atoms with van der Waals surface area (Å²) >= 11 is 0. The number of hydrogen-bond donors (Lipinski definition) is 2. The van der Waals surface area contributed by atoms with E-state index in [1.807, 2.05) is 13.8 Å². The summed E-state index contributed by atoms with van der Waals surface area (Å²) in [4.78, 5) is 12.5. The lowest BCUT2D eigenvalue weighted by molar-refractivity contribution is 0.103. The van der Waals surface area contributed by atoms with Crippen LogP contribution >= 0.6 is 0 Å². The number of carbonyl (C=O) groups excluding carboxylic acids is 1. The van der Waals surface area contributed by atoms with Crippen molar-refractivity contribution in [2.45, 2.75) is 26.7 Å². The van der Waals surface area contributed by atoms with Crippen LogP contribution in [0.15, 0.2) is 36.4 Å². The smallest absolute Gasteiger partial charge is 0.201 e. The number of phenols is 2. The zero-order chi connectivity index (χ0) is 17.5. The van der Waals surface area contributed by atoms with Crippen LogP contribution in [-0.2, 0) is 0 Å². The van der Waals surface area contributed by atoms with Gasteiger partial charge in [0.15, 0.2) is 17.3 Å².